The van der Waals surface area contributed by atoms with Crippen molar-refractivity contribution in [3.05, 3.63) is 52.7 Å². The van der Waals surface area contributed by atoms with Crippen molar-refractivity contribution in [2.75, 3.05) is 5.73 Å². The number of aromatic nitrogens is 2. The van der Waals surface area contributed by atoms with Gasteiger partial charge in [-0.3, -0.25) is 0 Å². The van der Waals surface area contributed by atoms with Crippen LogP contribution in [0.1, 0.15) is 27.4 Å². The maximum Gasteiger partial charge on any atom is 0.341 e. The van der Waals surface area contributed by atoms with Crippen molar-refractivity contribution in [3.63, 3.8) is 0 Å². The number of carboxylic acids is 1. The van der Waals surface area contributed by atoms with E-state index >= 15 is 0 Å². The van der Waals surface area contributed by atoms with E-state index in [2.05, 4.69) is 9.97 Å². The minimum atomic E-state index is -1.17. The molecule has 1 aromatic heterocycles. The quantitative estimate of drug-likeness (QED) is 0.879. The monoisotopic (exact) mass is 261 g/mol. The van der Waals surface area contributed by atoms with Crippen molar-refractivity contribution >= 4 is 11.8 Å². The van der Waals surface area contributed by atoms with E-state index in [-0.39, 0.29) is 29.3 Å². The molecule has 1 heterocycles. The largest absolute Gasteiger partial charge is 0.477 e. The maximum absolute atomic E-state index is 13.5. The molecule has 1 aromatic carbocycles. The molecule has 0 atom stereocenters. The highest BCUT2D eigenvalue weighted by molar-refractivity contribution is 5.93. The topological polar surface area (TPSA) is 89.1 Å². The van der Waals surface area contributed by atoms with Crippen molar-refractivity contribution < 1.29 is 14.3 Å². The molecule has 5 nitrogen and oxygen atoms in total. The van der Waals surface area contributed by atoms with Crippen molar-refractivity contribution in [3.8, 4) is 0 Å². The van der Waals surface area contributed by atoms with E-state index in [1.54, 1.807) is 18.2 Å². The van der Waals surface area contributed by atoms with Gasteiger partial charge in [-0.15, -0.1) is 0 Å². The van der Waals surface area contributed by atoms with Crippen molar-refractivity contribution in [1.29, 1.82) is 0 Å². The van der Waals surface area contributed by atoms with Gasteiger partial charge in [-0.1, -0.05) is 18.2 Å². The van der Waals surface area contributed by atoms with Gasteiger partial charge in [0.2, 0.25) is 0 Å². The molecule has 0 saturated carbocycles. The van der Waals surface area contributed by atoms with Crippen molar-refractivity contribution in [2.45, 2.75) is 13.3 Å². The molecule has 0 radical (unpaired) electrons. The number of carboxylic acid groups (broad SMARTS) is 1. The standard InChI is InChI=1S/C13H12FN3O2/c1-7-11(13(18)19)12(15)17-10(16-7)6-8-4-2-3-5-9(8)14/h2-5H,6H2,1H3,(H,18,19)(H2,15,16,17). The maximum atomic E-state index is 13.5. The fourth-order valence-electron chi connectivity index (χ4n) is 1.81. The molecule has 0 saturated heterocycles. The van der Waals surface area contributed by atoms with E-state index in [4.69, 9.17) is 10.8 Å². The molecule has 2 aromatic rings. The molecule has 0 aliphatic rings. The minimum absolute atomic E-state index is 0.105. The molecule has 0 aliphatic heterocycles. The Kier molecular flexibility index (Phi) is 3.41. The molecule has 19 heavy (non-hydrogen) atoms. The van der Waals surface area contributed by atoms with Gasteiger partial charge in [0.1, 0.15) is 23.0 Å². The third kappa shape index (κ3) is 2.67. The number of aryl methyl sites for hydroxylation is 1. The first-order valence-corrected chi connectivity index (χ1v) is 5.58. The number of anilines is 1. The Morgan fingerprint density at radius 2 is 2.05 bits per heavy atom. The Hall–Kier alpha value is -2.50. The summed E-state index contributed by atoms with van der Waals surface area (Å²) in [6.07, 6.45) is 0.164. The lowest BCUT2D eigenvalue weighted by atomic mass is 10.1. The van der Waals surface area contributed by atoms with Crippen LogP contribution in [0.3, 0.4) is 0 Å². The number of benzene rings is 1. The molecule has 6 heteroatoms. The molecule has 0 fully saturated rings. The van der Waals surface area contributed by atoms with E-state index in [9.17, 15) is 9.18 Å². The predicted octanol–water partition coefficient (Wildman–Crippen LogP) is 1.80. The summed E-state index contributed by atoms with van der Waals surface area (Å²) in [6, 6.07) is 6.26. The lowest BCUT2D eigenvalue weighted by Gasteiger charge is -2.07. The third-order valence-electron chi connectivity index (χ3n) is 2.68. The zero-order chi connectivity index (χ0) is 14.0. The molecule has 2 rings (SSSR count). The van der Waals surface area contributed by atoms with Crippen LogP contribution < -0.4 is 5.73 Å². The number of rotatable bonds is 3. The number of nitrogen functional groups attached to an aromatic ring is 1. The predicted molar refractivity (Wildman–Crippen MR) is 67.3 cm³/mol. The van der Waals surface area contributed by atoms with Crippen LogP contribution in [0.5, 0.6) is 0 Å². The van der Waals surface area contributed by atoms with Gasteiger partial charge in [0, 0.05) is 6.42 Å². The van der Waals surface area contributed by atoms with Gasteiger partial charge < -0.3 is 10.8 Å². The SMILES string of the molecule is Cc1nc(Cc2ccccc2F)nc(N)c1C(=O)O. The number of hydrogen-bond acceptors (Lipinski definition) is 4. The van der Waals surface area contributed by atoms with E-state index < -0.39 is 5.97 Å². The lowest BCUT2D eigenvalue weighted by molar-refractivity contribution is 0.0696. The number of nitrogens with zero attached hydrogens (tertiary/aromatic N) is 2. The first-order valence-electron chi connectivity index (χ1n) is 5.58. The summed E-state index contributed by atoms with van der Waals surface area (Å²) in [5, 5.41) is 8.95. The van der Waals surface area contributed by atoms with Crippen molar-refractivity contribution in [1.82, 2.24) is 9.97 Å². The Labute approximate surface area is 108 Å². The fourth-order valence-corrected chi connectivity index (χ4v) is 1.81. The van der Waals surface area contributed by atoms with Gasteiger partial charge in [0.15, 0.2) is 0 Å². The zero-order valence-electron chi connectivity index (χ0n) is 10.2. The summed E-state index contributed by atoms with van der Waals surface area (Å²) in [7, 11) is 0. The van der Waals surface area contributed by atoms with E-state index in [0.29, 0.717) is 11.4 Å². The second-order valence-corrected chi connectivity index (χ2v) is 4.06. The van der Waals surface area contributed by atoms with Gasteiger partial charge in [-0.05, 0) is 18.6 Å². The molecule has 0 spiro atoms. The van der Waals surface area contributed by atoms with Gasteiger partial charge in [0.05, 0.1) is 5.69 Å². The van der Waals surface area contributed by atoms with E-state index in [1.165, 1.54) is 13.0 Å². The summed E-state index contributed by atoms with van der Waals surface area (Å²) in [5.41, 5.74) is 6.18. The van der Waals surface area contributed by atoms with Crippen LogP contribution in [0.4, 0.5) is 10.2 Å². The number of aromatic carboxylic acids is 1. The average Bonchev–Trinajstić information content (AvgIpc) is 2.30. The molecule has 0 bridgehead atoms. The van der Waals surface area contributed by atoms with Crippen LogP contribution in [0.2, 0.25) is 0 Å². The summed E-state index contributed by atoms with van der Waals surface area (Å²) in [4.78, 5) is 18.9. The summed E-state index contributed by atoms with van der Waals surface area (Å²) < 4.78 is 13.5. The smallest absolute Gasteiger partial charge is 0.341 e. The normalized spacial score (nSPS) is 10.4. The highest BCUT2D eigenvalue weighted by Gasteiger charge is 2.16. The number of halogens is 1. The van der Waals surface area contributed by atoms with Crippen LogP contribution >= 0.6 is 0 Å². The first-order chi connectivity index (χ1) is 8.99. The Morgan fingerprint density at radius 1 is 1.37 bits per heavy atom. The van der Waals surface area contributed by atoms with Gasteiger partial charge in [-0.2, -0.15) is 0 Å². The summed E-state index contributed by atoms with van der Waals surface area (Å²) in [5.74, 6) is -1.34. The summed E-state index contributed by atoms with van der Waals surface area (Å²) >= 11 is 0. The number of carbonyl (C=O) groups is 1. The number of hydrogen-bond donors (Lipinski definition) is 2. The second kappa shape index (κ2) is 5.01. The zero-order valence-corrected chi connectivity index (χ0v) is 10.2. The van der Waals surface area contributed by atoms with Gasteiger partial charge in [0.25, 0.3) is 0 Å². The highest BCUT2D eigenvalue weighted by atomic mass is 19.1. The lowest BCUT2D eigenvalue weighted by Crippen LogP contribution is -2.12. The Bertz CT molecular complexity index is 621. The van der Waals surface area contributed by atoms with Crippen LogP contribution in [-0.2, 0) is 6.42 Å². The van der Waals surface area contributed by atoms with Crippen LogP contribution in [0, 0.1) is 12.7 Å². The minimum Gasteiger partial charge on any atom is -0.477 e. The fraction of sp³-hybridized carbons (Fsp3) is 0.154. The van der Waals surface area contributed by atoms with E-state index in [1.807, 2.05) is 0 Å². The third-order valence-corrected chi connectivity index (χ3v) is 2.68. The van der Waals surface area contributed by atoms with Gasteiger partial charge >= 0.3 is 5.97 Å². The molecular weight excluding hydrogens is 249 g/mol. The van der Waals surface area contributed by atoms with E-state index in [0.717, 1.165) is 0 Å². The molecule has 0 unspecified atom stereocenters. The molecule has 3 N–H and O–H groups in total. The van der Waals surface area contributed by atoms with Crippen LogP contribution in [-0.4, -0.2) is 21.0 Å². The summed E-state index contributed by atoms with van der Waals surface area (Å²) in [6.45, 7) is 1.53. The van der Waals surface area contributed by atoms with Crippen molar-refractivity contribution in [2.24, 2.45) is 0 Å². The van der Waals surface area contributed by atoms with Crippen LogP contribution in [0.15, 0.2) is 24.3 Å². The molecule has 98 valence electrons. The molecular formula is C13H12FN3O2. The highest BCUT2D eigenvalue weighted by Crippen LogP contribution is 2.16. The van der Waals surface area contributed by atoms with Crippen LogP contribution in [0.25, 0.3) is 0 Å². The van der Waals surface area contributed by atoms with Gasteiger partial charge in [-0.25, -0.2) is 19.2 Å². The molecule has 0 amide bonds. The average molecular weight is 261 g/mol. The second-order valence-electron chi connectivity index (χ2n) is 4.06. The first kappa shape index (κ1) is 12.9. The Balaban J connectivity index is 2.38. The molecule has 0 aliphatic carbocycles. The number of nitrogens with two attached hydrogens (primary N) is 1. The Morgan fingerprint density at radius 3 is 2.63 bits per heavy atom.